The number of phenols is 1. The van der Waals surface area contributed by atoms with Gasteiger partial charge >= 0.3 is 0 Å². The van der Waals surface area contributed by atoms with Crippen LogP contribution in [0.5, 0.6) is 5.75 Å². The second kappa shape index (κ2) is 4.88. The maximum Gasteiger partial charge on any atom is 0.256 e. The average Bonchev–Trinajstić information content (AvgIpc) is 2.34. The molecule has 0 bridgehead atoms. The summed E-state index contributed by atoms with van der Waals surface area (Å²) in [4.78, 5) is 14.3. The molecule has 1 aromatic rings. The topological polar surface area (TPSA) is 66.6 Å². The monoisotopic (exact) mass is 248 g/mol. The van der Waals surface area contributed by atoms with Crippen LogP contribution < -0.4 is 5.73 Å². The Balaban J connectivity index is 2.27. The molecule has 1 heterocycles. The Morgan fingerprint density at radius 2 is 2.11 bits per heavy atom. The molecule has 0 saturated carbocycles. The van der Waals surface area contributed by atoms with E-state index in [4.69, 9.17) is 5.73 Å². The zero-order valence-electron chi connectivity index (χ0n) is 10.9. The van der Waals surface area contributed by atoms with Crippen LogP contribution in [0.1, 0.15) is 37.0 Å². The predicted molar refractivity (Wildman–Crippen MR) is 71.4 cm³/mol. The van der Waals surface area contributed by atoms with Crippen LogP contribution in [0.2, 0.25) is 0 Å². The number of likely N-dealkylation sites (tertiary alicyclic amines) is 1. The van der Waals surface area contributed by atoms with Crippen LogP contribution in [0.25, 0.3) is 0 Å². The van der Waals surface area contributed by atoms with Crippen molar-refractivity contribution in [3.05, 3.63) is 23.8 Å². The largest absolute Gasteiger partial charge is 0.508 e. The maximum atomic E-state index is 12.5. The molecule has 98 valence electrons. The molecular weight excluding hydrogens is 228 g/mol. The minimum atomic E-state index is -0.0811. The Labute approximate surface area is 107 Å². The predicted octanol–water partition coefficient (Wildman–Crippen LogP) is 2.24. The molecule has 1 saturated heterocycles. The van der Waals surface area contributed by atoms with Gasteiger partial charge in [0.1, 0.15) is 5.75 Å². The Morgan fingerprint density at radius 3 is 2.83 bits per heavy atom. The van der Waals surface area contributed by atoms with Crippen molar-refractivity contribution in [3.8, 4) is 5.75 Å². The normalized spacial score (nSPS) is 24.0. The van der Waals surface area contributed by atoms with Gasteiger partial charge in [0.05, 0.1) is 5.56 Å². The molecule has 1 amide bonds. The SMILES string of the molecule is CC1CCC(C)N(C(=O)c2cc(O)ccc2N)C1. The highest BCUT2D eigenvalue weighted by molar-refractivity contribution is 5.99. The quantitative estimate of drug-likeness (QED) is 0.591. The summed E-state index contributed by atoms with van der Waals surface area (Å²) >= 11 is 0. The summed E-state index contributed by atoms with van der Waals surface area (Å²) < 4.78 is 0. The van der Waals surface area contributed by atoms with Gasteiger partial charge in [-0.25, -0.2) is 0 Å². The Kier molecular flexibility index (Phi) is 3.45. The third-order valence-electron chi connectivity index (χ3n) is 3.65. The number of phenolic OH excluding ortho intramolecular Hbond substituents is 1. The molecule has 1 aromatic carbocycles. The van der Waals surface area contributed by atoms with E-state index in [0.717, 1.165) is 19.4 Å². The molecule has 2 atom stereocenters. The first kappa shape index (κ1) is 12.7. The van der Waals surface area contributed by atoms with Gasteiger partial charge in [-0.2, -0.15) is 0 Å². The number of carbonyl (C=O) groups excluding carboxylic acids is 1. The number of amides is 1. The summed E-state index contributed by atoms with van der Waals surface area (Å²) in [5, 5.41) is 9.48. The van der Waals surface area contributed by atoms with Crippen molar-refractivity contribution in [2.45, 2.75) is 32.7 Å². The molecular formula is C14H20N2O2. The fourth-order valence-corrected chi connectivity index (χ4v) is 2.46. The number of hydrogen-bond donors (Lipinski definition) is 2. The van der Waals surface area contributed by atoms with E-state index in [9.17, 15) is 9.90 Å². The van der Waals surface area contributed by atoms with E-state index in [2.05, 4.69) is 13.8 Å². The van der Waals surface area contributed by atoms with Crippen molar-refractivity contribution in [1.29, 1.82) is 0 Å². The highest BCUT2D eigenvalue weighted by Gasteiger charge is 2.28. The van der Waals surface area contributed by atoms with Crippen molar-refractivity contribution >= 4 is 11.6 Å². The lowest BCUT2D eigenvalue weighted by molar-refractivity contribution is 0.0575. The standard InChI is InChI=1S/C14H20N2O2/c1-9-3-4-10(2)16(8-9)14(18)12-7-11(17)5-6-13(12)15/h5-7,9-10,17H,3-4,8,15H2,1-2H3. The lowest BCUT2D eigenvalue weighted by Gasteiger charge is -2.37. The van der Waals surface area contributed by atoms with E-state index in [1.165, 1.54) is 12.1 Å². The van der Waals surface area contributed by atoms with E-state index < -0.39 is 0 Å². The van der Waals surface area contributed by atoms with E-state index in [0.29, 0.717) is 17.2 Å². The van der Waals surface area contributed by atoms with Crippen LogP contribution in [0, 0.1) is 5.92 Å². The van der Waals surface area contributed by atoms with E-state index in [1.54, 1.807) is 6.07 Å². The van der Waals surface area contributed by atoms with Crippen LogP contribution in [-0.2, 0) is 0 Å². The molecule has 0 radical (unpaired) electrons. The van der Waals surface area contributed by atoms with Gasteiger partial charge in [-0.3, -0.25) is 4.79 Å². The first-order chi connectivity index (χ1) is 8.49. The molecule has 2 unspecified atom stereocenters. The first-order valence-electron chi connectivity index (χ1n) is 6.38. The van der Waals surface area contributed by atoms with Gasteiger partial charge in [0.15, 0.2) is 0 Å². The molecule has 0 aliphatic carbocycles. The van der Waals surface area contributed by atoms with Crippen molar-refractivity contribution < 1.29 is 9.90 Å². The fourth-order valence-electron chi connectivity index (χ4n) is 2.46. The fraction of sp³-hybridized carbons (Fsp3) is 0.500. The highest BCUT2D eigenvalue weighted by Crippen LogP contribution is 2.26. The number of benzene rings is 1. The van der Waals surface area contributed by atoms with Gasteiger partial charge in [-0.05, 0) is 43.9 Å². The number of rotatable bonds is 1. The first-order valence-corrected chi connectivity index (χ1v) is 6.38. The minimum Gasteiger partial charge on any atom is -0.508 e. The Hall–Kier alpha value is -1.71. The second-order valence-corrected chi connectivity index (χ2v) is 5.26. The molecule has 0 aromatic heterocycles. The summed E-state index contributed by atoms with van der Waals surface area (Å²) in [6.07, 6.45) is 2.17. The van der Waals surface area contributed by atoms with Crippen molar-refractivity contribution in [3.63, 3.8) is 0 Å². The summed E-state index contributed by atoms with van der Waals surface area (Å²) in [6.45, 7) is 4.97. The van der Waals surface area contributed by atoms with Gasteiger partial charge in [0.25, 0.3) is 5.91 Å². The number of piperidine rings is 1. The van der Waals surface area contributed by atoms with Gasteiger partial charge < -0.3 is 15.7 Å². The average molecular weight is 248 g/mol. The number of anilines is 1. The highest BCUT2D eigenvalue weighted by atomic mass is 16.3. The molecule has 2 rings (SSSR count). The number of hydrogen-bond acceptors (Lipinski definition) is 3. The molecule has 1 aliphatic rings. The van der Waals surface area contributed by atoms with E-state index >= 15 is 0 Å². The zero-order chi connectivity index (χ0) is 13.3. The summed E-state index contributed by atoms with van der Waals surface area (Å²) in [6, 6.07) is 4.74. The Morgan fingerprint density at radius 1 is 1.39 bits per heavy atom. The van der Waals surface area contributed by atoms with E-state index in [-0.39, 0.29) is 17.7 Å². The third kappa shape index (κ3) is 2.42. The van der Waals surface area contributed by atoms with Crippen LogP contribution in [-0.4, -0.2) is 28.5 Å². The lowest BCUT2D eigenvalue weighted by atomic mass is 9.94. The molecule has 18 heavy (non-hydrogen) atoms. The van der Waals surface area contributed by atoms with E-state index in [1.807, 2.05) is 4.90 Å². The van der Waals surface area contributed by atoms with Crippen LogP contribution in [0.4, 0.5) is 5.69 Å². The number of nitrogen functional groups attached to an aromatic ring is 1. The van der Waals surface area contributed by atoms with Crippen molar-refractivity contribution in [2.24, 2.45) is 5.92 Å². The molecule has 4 nitrogen and oxygen atoms in total. The summed E-state index contributed by atoms with van der Waals surface area (Å²) in [5.41, 5.74) is 6.64. The van der Waals surface area contributed by atoms with Crippen LogP contribution >= 0.6 is 0 Å². The summed E-state index contributed by atoms with van der Waals surface area (Å²) in [7, 11) is 0. The van der Waals surface area contributed by atoms with Gasteiger partial charge in [-0.15, -0.1) is 0 Å². The third-order valence-corrected chi connectivity index (χ3v) is 3.65. The number of nitrogens with zero attached hydrogens (tertiary/aromatic N) is 1. The van der Waals surface area contributed by atoms with Gasteiger partial charge in [-0.1, -0.05) is 6.92 Å². The Bertz CT molecular complexity index is 459. The minimum absolute atomic E-state index is 0.0743. The maximum absolute atomic E-state index is 12.5. The van der Waals surface area contributed by atoms with Gasteiger partial charge in [0, 0.05) is 18.3 Å². The smallest absolute Gasteiger partial charge is 0.256 e. The number of nitrogens with two attached hydrogens (primary N) is 1. The van der Waals surface area contributed by atoms with Crippen LogP contribution in [0.3, 0.4) is 0 Å². The second-order valence-electron chi connectivity index (χ2n) is 5.26. The molecule has 4 heteroatoms. The number of carbonyl (C=O) groups is 1. The molecule has 1 fully saturated rings. The zero-order valence-corrected chi connectivity index (χ0v) is 10.9. The lowest BCUT2D eigenvalue weighted by Crippen LogP contribution is -2.45. The van der Waals surface area contributed by atoms with Crippen LogP contribution in [0.15, 0.2) is 18.2 Å². The molecule has 3 N–H and O–H groups in total. The molecule has 1 aliphatic heterocycles. The van der Waals surface area contributed by atoms with Crippen molar-refractivity contribution in [2.75, 3.05) is 12.3 Å². The summed E-state index contributed by atoms with van der Waals surface area (Å²) in [5.74, 6) is 0.511. The molecule has 0 spiro atoms. The van der Waals surface area contributed by atoms with Crippen molar-refractivity contribution in [1.82, 2.24) is 4.90 Å². The van der Waals surface area contributed by atoms with Gasteiger partial charge in [0.2, 0.25) is 0 Å². The number of aromatic hydroxyl groups is 1.